The van der Waals surface area contributed by atoms with Gasteiger partial charge in [-0.2, -0.15) is 0 Å². The van der Waals surface area contributed by atoms with Crippen LogP contribution in [0.5, 0.6) is 0 Å². The van der Waals surface area contributed by atoms with Crippen LogP contribution < -0.4 is 10.6 Å². The van der Waals surface area contributed by atoms with Crippen molar-refractivity contribution in [3.8, 4) is 11.8 Å². The van der Waals surface area contributed by atoms with Gasteiger partial charge >= 0.3 is 0 Å². The molecule has 0 radical (unpaired) electrons. The molecule has 0 aliphatic heterocycles. The van der Waals surface area contributed by atoms with Crippen LogP contribution in [0.2, 0.25) is 0 Å². The van der Waals surface area contributed by atoms with E-state index in [9.17, 15) is 9.59 Å². The van der Waals surface area contributed by atoms with Crippen molar-refractivity contribution in [1.29, 1.82) is 0 Å². The monoisotopic (exact) mass is 380 g/mol. The molecule has 0 saturated carbocycles. The van der Waals surface area contributed by atoms with Crippen molar-refractivity contribution in [3.05, 3.63) is 70.8 Å². The molecule has 6 heteroatoms. The minimum atomic E-state index is -0.180. The zero-order chi connectivity index (χ0) is 20.2. The molecule has 0 saturated heterocycles. The summed E-state index contributed by atoms with van der Waals surface area (Å²) in [5.74, 6) is 5.69. The van der Waals surface area contributed by atoms with Crippen LogP contribution in [0, 0.1) is 11.8 Å². The number of nitrogens with one attached hydrogen (secondary N) is 2. The highest BCUT2D eigenvalue weighted by Gasteiger charge is 2.05. The summed E-state index contributed by atoms with van der Waals surface area (Å²) in [7, 11) is 0. The molecule has 0 fully saturated rings. The molecule has 0 aliphatic rings. The van der Waals surface area contributed by atoms with E-state index in [-0.39, 0.29) is 25.0 Å². The smallest absolute Gasteiger partial charge is 0.251 e. The zero-order valence-corrected chi connectivity index (χ0v) is 15.6. The summed E-state index contributed by atoms with van der Waals surface area (Å²) in [5, 5.41) is 22.9. The van der Waals surface area contributed by atoms with E-state index in [1.165, 1.54) is 0 Å². The number of rotatable bonds is 8. The second-order valence-corrected chi connectivity index (χ2v) is 6.07. The number of benzene rings is 2. The van der Waals surface area contributed by atoms with Crippen LogP contribution in [0.25, 0.3) is 0 Å². The Balaban J connectivity index is 1.94. The van der Waals surface area contributed by atoms with E-state index in [1.807, 2.05) is 0 Å². The molecule has 146 valence electrons. The van der Waals surface area contributed by atoms with Crippen LogP contribution in [-0.2, 0) is 0 Å². The third-order valence-corrected chi connectivity index (χ3v) is 3.89. The van der Waals surface area contributed by atoms with Crippen molar-refractivity contribution in [2.45, 2.75) is 12.8 Å². The van der Waals surface area contributed by atoms with Gasteiger partial charge < -0.3 is 20.8 Å². The van der Waals surface area contributed by atoms with Gasteiger partial charge in [0.25, 0.3) is 11.8 Å². The second-order valence-electron chi connectivity index (χ2n) is 6.07. The number of hydrogen-bond acceptors (Lipinski definition) is 4. The second kappa shape index (κ2) is 11.5. The van der Waals surface area contributed by atoms with Crippen molar-refractivity contribution >= 4 is 11.8 Å². The van der Waals surface area contributed by atoms with E-state index in [1.54, 1.807) is 48.5 Å². The van der Waals surface area contributed by atoms with Crippen molar-refractivity contribution < 1.29 is 19.8 Å². The number of aliphatic hydroxyl groups excluding tert-OH is 2. The predicted molar refractivity (Wildman–Crippen MR) is 107 cm³/mol. The lowest BCUT2D eigenvalue weighted by Gasteiger charge is -2.04. The molecule has 0 heterocycles. The number of aliphatic hydroxyl groups is 2. The van der Waals surface area contributed by atoms with Gasteiger partial charge in [0.15, 0.2) is 0 Å². The van der Waals surface area contributed by atoms with Gasteiger partial charge in [-0.1, -0.05) is 11.8 Å². The zero-order valence-electron chi connectivity index (χ0n) is 15.6. The highest BCUT2D eigenvalue weighted by atomic mass is 16.3. The molecule has 2 rings (SSSR count). The molecule has 6 nitrogen and oxygen atoms in total. The standard InChI is InChI=1S/C22H24N2O4/c25-15-1-13-23-21(27)19-9-5-17(6-10-19)3-4-18-7-11-20(12-8-18)22(28)24-14-2-16-26/h5-12,25-26H,1-2,13-16H2,(H,23,27)(H,24,28). The van der Waals surface area contributed by atoms with Crippen LogP contribution in [0.1, 0.15) is 44.7 Å². The Morgan fingerprint density at radius 1 is 0.679 bits per heavy atom. The van der Waals surface area contributed by atoms with E-state index in [4.69, 9.17) is 10.2 Å². The van der Waals surface area contributed by atoms with Crippen LogP contribution >= 0.6 is 0 Å². The minimum Gasteiger partial charge on any atom is -0.396 e. The maximum absolute atomic E-state index is 11.9. The van der Waals surface area contributed by atoms with Gasteiger partial charge in [0, 0.05) is 48.6 Å². The highest BCUT2D eigenvalue weighted by molar-refractivity contribution is 5.94. The Morgan fingerprint density at radius 2 is 1.04 bits per heavy atom. The van der Waals surface area contributed by atoms with Gasteiger partial charge in [0.1, 0.15) is 0 Å². The third kappa shape index (κ3) is 6.88. The molecule has 4 N–H and O–H groups in total. The Bertz CT molecular complexity index is 764. The van der Waals surface area contributed by atoms with Crippen LogP contribution in [0.15, 0.2) is 48.5 Å². The Hall–Kier alpha value is -3.14. The normalized spacial score (nSPS) is 9.93. The van der Waals surface area contributed by atoms with Crippen LogP contribution in [-0.4, -0.2) is 48.3 Å². The van der Waals surface area contributed by atoms with Crippen molar-refractivity contribution in [2.75, 3.05) is 26.3 Å². The number of amides is 2. The first kappa shape index (κ1) is 21.2. The average Bonchev–Trinajstić information content (AvgIpc) is 2.73. The van der Waals surface area contributed by atoms with Gasteiger partial charge in [-0.3, -0.25) is 9.59 Å². The first-order valence-electron chi connectivity index (χ1n) is 9.14. The Kier molecular flexibility index (Phi) is 8.73. The third-order valence-electron chi connectivity index (χ3n) is 3.89. The summed E-state index contributed by atoms with van der Waals surface area (Å²) >= 11 is 0. The topological polar surface area (TPSA) is 98.7 Å². The summed E-state index contributed by atoms with van der Waals surface area (Å²) < 4.78 is 0. The van der Waals surface area contributed by atoms with E-state index in [0.717, 1.165) is 11.1 Å². The SMILES string of the molecule is O=C(NCCCO)c1ccc(C#Cc2ccc(C(=O)NCCCO)cc2)cc1. The average molecular weight is 380 g/mol. The summed E-state index contributed by atoms with van der Waals surface area (Å²) in [6.07, 6.45) is 1.05. The number of carbonyl (C=O) groups is 2. The predicted octanol–water partition coefficient (Wildman–Crippen LogP) is 1.31. The first-order valence-corrected chi connectivity index (χ1v) is 9.14. The molecule has 2 amide bonds. The Labute approximate surface area is 164 Å². The molecule has 0 unspecified atom stereocenters. The molecular formula is C22H24N2O4. The first-order chi connectivity index (χ1) is 13.6. The van der Waals surface area contributed by atoms with Crippen molar-refractivity contribution in [1.82, 2.24) is 10.6 Å². The molecule has 28 heavy (non-hydrogen) atoms. The fourth-order valence-electron chi connectivity index (χ4n) is 2.32. The van der Waals surface area contributed by atoms with Crippen LogP contribution in [0.3, 0.4) is 0 Å². The largest absolute Gasteiger partial charge is 0.396 e. The summed E-state index contributed by atoms with van der Waals surface area (Å²) in [6.45, 7) is 0.965. The summed E-state index contributed by atoms with van der Waals surface area (Å²) in [4.78, 5) is 23.8. The molecule has 0 bridgehead atoms. The van der Waals surface area contributed by atoms with Crippen LogP contribution in [0.4, 0.5) is 0 Å². The van der Waals surface area contributed by atoms with E-state index >= 15 is 0 Å². The van der Waals surface area contributed by atoms with Gasteiger partial charge in [0.05, 0.1) is 0 Å². The van der Waals surface area contributed by atoms with Gasteiger partial charge in [-0.15, -0.1) is 0 Å². The number of hydrogen-bond donors (Lipinski definition) is 4. The molecule has 0 atom stereocenters. The molecule has 0 aliphatic carbocycles. The molecule has 2 aromatic carbocycles. The maximum Gasteiger partial charge on any atom is 0.251 e. The maximum atomic E-state index is 11.9. The van der Waals surface area contributed by atoms with Crippen molar-refractivity contribution in [2.24, 2.45) is 0 Å². The van der Waals surface area contributed by atoms with E-state index in [2.05, 4.69) is 22.5 Å². The van der Waals surface area contributed by atoms with Gasteiger partial charge in [-0.25, -0.2) is 0 Å². The lowest BCUT2D eigenvalue weighted by atomic mass is 10.1. The summed E-state index contributed by atoms with van der Waals surface area (Å²) in [5.41, 5.74) is 2.63. The lowest BCUT2D eigenvalue weighted by Crippen LogP contribution is -2.24. The fraction of sp³-hybridized carbons (Fsp3) is 0.273. The number of carbonyl (C=O) groups excluding carboxylic acids is 2. The van der Waals surface area contributed by atoms with Crippen molar-refractivity contribution in [3.63, 3.8) is 0 Å². The van der Waals surface area contributed by atoms with E-state index < -0.39 is 0 Å². The molecule has 0 aromatic heterocycles. The summed E-state index contributed by atoms with van der Waals surface area (Å²) in [6, 6.07) is 13.9. The minimum absolute atomic E-state index is 0.0458. The highest BCUT2D eigenvalue weighted by Crippen LogP contribution is 2.06. The van der Waals surface area contributed by atoms with Gasteiger partial charge in [-0.05, 0) is 61.4 Å². The molecule has 2 aromatic rings. The molecule has 0 spiro atoms. The molecular weight excluding hydrogens is 356 g/mol. The van der Waals surface area contributed by atoms with E-state index in [0.29, 0.717) is 37.1 Å². The Morgan fingerprint density at radius 3 is 1.36 bits per heavy atom. The fourth-order valence-corrected chi connectivity index (χ4v) is 2.32. The quantitative estimate of drug-likeness (QED) is 0.410. The lowest BCUT2D eigenvalue weighted by molar-refractivity contribution is 0.0942. The van der Waals surface area contributed by atoms with Gasteiger partial charge in [0.2, 0.25) is 0 Å².